The molecule has 6 heteroatoms. The Kier molecular flexibility index (Phi) is 9.56. The quantitative estimate of drug-likeness (QED) is 0.514. The second-order valence-corrected chi connectivity index (χ2v) is 9.70. The second kappa shape index (κ2) is 11.9. The van der Waals surface area contributed by atoms with E-state index in [1.54, 1.807) is 28.8 Å². The molecule has 0 spiro atoms. The third kappa shape index (κ3) is 8.74. The first-order valence-electron chi connectivity index (χ1n) is 10.7. The Bertz CT molecular complexity index is 835. The van der Waals surface area contributed by atoms with Crippen LogP contribution in [0, 0.1) is 5.82 Å². The van der Waals surface area contributed by atoms with Gasteiger partial charge in [-0.15, -0.1) is 0 Å². The molecule has 0 radical (unpaired) electrons. The van der Waals surface area contributed by atoms with Gasteiger partial charge < -0.3 is 10.2 Å². The van der Waals surface area contributed by atoms with Crippen molar-refractivity contribution in [1.82, 2.24) is 10.2 Å². The maximum absolute atomic E-state index is 13.3. The fraction of sp³-hybridized carbons (Fsp3) is 0.440. The summed E-state index contributed by atoms with van der Waals surface area (Å²) in [5, 5.41) is 2.99. The normalized spacial score (nSPS) is 12.3. The second-order valence-electron chi connectivity index (χ2n) is 8.60. The summed E-state index contributed by atoms with van der Waals surface area (Å²) < 4.78 is 13.3. The average Bonchev–Trinajstić information content (AvgIpc) is 2.72. The van der Waals surface area contributed by atoms with Crippen LogP contribution in [0.3, 0.4) is 0 Å². The molecule has 2 rings (SSSR count). The third-order valence-corrected chi connectivity index (χ3v) is 5.75. The monoisotopic (exact) mass is 444 g/mol. The highest BCUT2D eigenvalue weighted by Crippen LogP contribution is 2.18. The lowest BCUT2D eigenvalue weighted by Gasteiger charge is -2.33. The van der Waals surface area contributed by atoms with Crippen molar-refractivity contribution < 1.29 is 14.0 Å². The van der Waals surface area contributed by atoms with Crippen LogP contribution in [0.15, 0.2) is 54.6 Å². The summed E-state index contributed by atoms with van der Waals surface area (Å²) in [5.41, 5.74) is 1.63. The third-order valence-electron chi connectivity index (χ3n) is 4.72. The standard InChI is InChI=1S/C25H33FN2O2S/c1-5-22(24(30)27-25(2,3)4)28(17-19-11-13-21(26)14-12-19)23(29)15-16-31-18-20-9-7-6-8-10-20/h6-14,22H,5,15-18H2,1-4H3,(H,27,30). The number of halogens is 1. The van der Waals surface area contributed by atoms with Crippen LogP contribution in [0.1, 0.15) is 51.7 Å². The minimum Gasteiger partial charge on any atom is -0.350 e. The van der Waals surface area contributed by atoms with Crippen LogP contribution in [-0.2, 0) is 21.9 Å². The fourth-order valence-corrected chi connectivity index (χ4v) is 4.12. The first-order valence-corrected chi connectivity index (χ1v) is 11.8. The molecule has 0 saturated heterocycles. The van der Waals surface area contributed by atoms with Gasteiger partial charge in [0.05, 0.1) is 0 Å². The van der Waals surface area contributed by atoms with Crippen molar-refractivity contribution in [2.45, 2.75) is 64.4 Å². The molecule has 2 amide bonds. The van der Waals surface area contributed by atoms with Crippen molar-refractivity contribution in [2.75, 3.05) is 5.75 Å². The Labute approximate surface area is 189 Å². The van der Waals surface area contributed by atoms with Gasteiger partial charge in [0.1, 0.15) is 11.9 Å². The molecular formula is C25H33FN2O2S. The molecule has 0 aliphatic heterocycles. The molecule has 168 valence electrons. The van der Waals surface area contributed by atoms with Gasteiger partial charge >= 0.3 is 0 Å². The summed E-state index contributed by atoms with van der Waals surface area (Å²) in [4.78, 5) is 27.7. The number of carbonyl (C=O) groups is 2. The van der Waals surface area contributed by atoms with E-state index in [1.165, 1.54) is 17.7 Å². The minimum absolute atomic E-state index is 0.0687. The van der Waals surface area contributed by atoms with Crippen molar-refractivity contribution in [3.05, 3.63) is 71.5 Å². The van der Waals surface area contributed by atoms with Crippen molar-refractivity contribution >= 4 is 23.6 Å². The average molecular weight is 445 g/mol. The SMILES string of the molecule is CCC(C(=O)NC(C)(C)C)N(Cc1ccc(F)cc1)C(=O)CCSCc1ccccc1. The number of nitrogens with zero attached hydrogens (tertiary/aromatic N) is 1. The van der Waals surface area contributed by atoms with E-state index in [4.69, 9.17) is 0 Å². The molecule has 0 aliphatic rings. The number of carbonyl (C=O) groups excluding carboxylic acids is 2. The highest BCUT2D eigenvalue weighted by atomic mass is 32.2. The van der Waals surface area contributed by atoms with Gasteiger partial charge in [-0.1, -0.05) is 49.4 Å². The summed E-state index contributed by atoms with van der Waals surface area (Å²) in [6.07, 6.45) is 0.851. The van der Waals surface area contributed by atoms with E-state index < -0.39 is 6.04 Å². The van der Waals surface area contributed by atoms with Crippen molar-refractivity contribution in [2.24, 2.45) is 0 Å². The number of hydrogen-bond acceptors (Lipinski definition) is 3. The first-order chi connectivity index (χ1) is 14.7. The largest absolute Gasteiger partial charge is 0.350 e. The fourth-order valence-electron chi connectivity index (χ4n) is 3.23. The zero-order valence-electron chi connectivity index (χ0n) is 18.9. The summed E-state index contributed by atoms with van der Waals surface area (Å²) in [6.45, 7) is 7.94. The molecule has 0 fully saturated rings. The Hall–Kier alpha value is -2.34. The highest BCUT2D eigenvalue weighted by molar-refractivity contribution is 7.98. The van der Waals surface area contributed by atoms with E-state index in [-0.39, 0.29) is 29.7 Å². The van der Waals surface area contributed by atoms with Crippen LogP contribution in [-0.4, -0.2) is 34.0 Å². The van der Waals surface area contributed by atoms with Gasteiger partial charge in [-0.3, -0.25) is 9.59 Å². The number of hydrogen-bond donors (Lipinski definition) is 1. The molecule has 1 unspecified atom stereocenters. The van der Waals surface area contributed by atoms with Gasteiger partial charge in [0, 0.05) is 30.0 Å². The predicted octanol–water partition coefficient (Wildman–Crippen LogP) is 5.17. The Morgan fingerprint density at radius 3 is 2.26 bits per heavy atom. The van der Waals surface area contributed by atoms with Crippen LogP contribution in [0.2, 0.25) is 0 Å². The van der Waals surface area contributed by atoms with E-state index >= 15 is 0 Å². The number of rotatable bonds is 10. The molecule has 4 nitrogen and oxygen atoms in total. The molecular weight excluding hydrogens is 411 g/mol. The topological polar surface area (TPSA) is 49.4 Å². The van der Waals surface area contributed by atoms with Gasteiger partial charge in [-0.25, -0.2) is 4.39 Å². The smallest absolute Gasteiger partial charge is 0.243 e. The summed E-state index contributed by atoms with van der Waals surface area (Å²) in [5.74, 6) is 0.957. The van der Waals surface area contributed by atoms with Gasteiger partial charge in [-0.2, -0.15) is 11.8 Å². The number of thioether (sulfide) groups is 1. The van der Waals surface area contributed by atoms with Crippen molar-refractivity contribution in [3.8, 4) is 0 Å². The Balaban J connectivity index is 2.08. The first kappa shape index (κ1) is 24.9. The van der Waals surface area contributed by atoms with E-state index in [2.05, 4.69) is 17.4 Å². The molecule has 0 aliphatic carbocycles. The molecule has 0 saturated carbocycles. The van der Waals surface area contributed by atoms with Crippen LogP contribution in [0.4, 0.5) is 4.39 Å². The molecule has 0 bridgehead atoms. The molecule has 1 N–H and O–H groups in total. The zero-order chi connectivity index (χ0) is 22.9. The lowest BCUT2D eigenvalue weighted by Crippen LogP contribution is -2.53. The van der Waals surface area contributed by atoms with Crippen LogP contribution in [0.5, 0.6) is 0 Å². The molecule has 31 heavy (non-hydrogen) atoms. The van der Waals surface area contributed by atoms with Crippen LogP contribution < -0.4 is 5.32 Å². The van der Waals surface area contributed by atoms with Gasteiger partial charge in [0.2, 0.25) is 11.8 Å². The predicted molar refractivity (Wildman–Crippen MR) is 126 cm³/mol. The summed E-state index contributed by atoms with van der Waals surface area (Å²) in [7, 11) is 0. The number of benzene rings is 2. The lowest BCUT2D eigenvalue weighted by molar-refractivity contribution is -0.141. The highest BCUT2D eigenvalue weighted by Gasteiger charge is 2.30. The molecule has 2 aromatic rings. The van der Waals surface area contributed by atoms with E-state index in [0.29, 0.717) is 18.6 Å². The van der Waals surface area contributed by atoms with Crippen molar-refractivity contribution in [1.29, 1.82) is 0 Å². The zero-order valence-corrected chi connectivity index (χ0v) is 19.7. The Morgan fingerprint density at radius 2 is 1.68 bits per heavy atom. The molecule has 1 atom stereocenters. The van der Waals surface area contributed by atoms with Crippen LogP contribution in [0.25, 0.3) is 0 Å². The van der Waals surface area contributed by atoms with Gasteiger partial charge in [0.15, 0.2) is 0 Å². The Morgan fingerprint density at radius 1 is 1.03 bits per heavy atom. The molecule has 2 aromatic carbocycles. The number of nitrogens with one attached hydrogen (secondary N) is 1. The van der Waals surface area contributed by atoms with Crippen molar-refractivity contribution in [3.63, 3.8) is 0 Å². The summed E-state index contributed by atoms with van der Waals surface area (Å²) >= 11 is 1.70. The molecule has 0 heterocycles. The molecule has 0 aromatic heterocycles. The van der Waals surface area contributed by atoms with E-state index in [1.807, 2.05) is 45.9 Å². The minimum atomic E-state index is -0.573. The van der Waals surface area contributed by atoms with Gasteiger partial charge in [-0.05, 0) is 50.5 Å². The van der Waals surface area contributed by atoms with E-state index in [0.717, 1.165) is 11.3 Å². The summed E-state index contributed by atoms with van der Waals surface area (Å²) in [6, 6.07) is 15.6. The van der Waals surface area contributed by atoms with E-state index in [9.17, 15) is 14.0 Å². The lowest BCUT2D eigenvalue weighted by atomic mass is 10.1. The number of amides is 2. The maximum atomic E-state index is 13.3. The van der Waals surface area contributed by atoms with Crippen LogP contribution >= 0.6 is 11.8 Å². The maximum Gasteiger partial charge on any atom is 0.243 e. The van der Waals surface area contributed by atoms with Gasteiger partial charge in [0.25, 0.3) is 0 Å².